The maximum atomic E-state index is 14.3. The minimum atomic E-state index is -1.19. The highest BCUT2D eigenvalue weighted by Gasteiger charge is 2.20. The van der Waals surface area contributed by atoms with E-state index in [1.54, 1.807) is 12.1 Å². The van der Waals surface area contributed by atoms with Gasteiger partial charge in [-0.05, 0) is 36.6 Å². The fraction of sp³-hybridized carbons (Fsp3) is 0.300. The van der Waals surface area contributed by atoms with Crippen LogP contribution in [0.2, 0.25) is 0 Å². The zero-order valence-corrected chi connectivity index (χ0v) is 15.2. The Kier molecular flexibility index (Phi) is 5.51. The number of hydrogen-bond donors (Lipinski definition) is 3. The molecule has 27 heavy (non-hydrogen) atoms. The van der Waals surface area contributed by atoms with Crippen molar-refractivity contribution in [3.05, 3.63) is 48.0 Å². The largest absolute Gasteiger partial charge is 0.507 e. The molecule has 0 amide bonds. The third-order valence-corrected chi connectivity index (χ3v) is 4.21. The van der Waals surface area contributed by atoms with Crippen molar-refractivity contribution in [3.63, 3.8) is 0 Å². The number of phenols is 1. The molecule has 0 bridgehead atoms. The molecular formula is C20H22F2N4O. The Balaban J connectivity index is 2.05. The average Bonchev–Trinajstić information content (AvgIpc) is 2.62. The zero-order valence-electron chi connectivity index (χ0n) is 15.2. The van der Waals surface area contributed by atoms with Gasteiger partial charge in [-0.3, -0.25) is 0 Å². The summed E-state index contributed by atoms with van der Waals surface area (Å²) in [6.45, 7) is 4.65. The van der Waals surface area contributed by atoms with Crippen LogP contribution in [0.1, 0.15) is 20.3 Å². The molecular weight excluding hydrogens is 350 g/mol. The molecule has 1 heterocycles. The standard InChI is InChI=1S/C20H22F2N4O/c1-11(2)9-12(23)10-24-19-13-5-3-4-6-15(13)25-20(26-19)17-16(27)8-7-14(21)18(17)22/h3-8,11-12,27H,9-10,23H2,1-2H3,(H,24,25,26)/t12-/m1/s1. The molecule has 1 atom stereocenters. The quantitative estimate of drug-likeness (QED) is 0.608. The van der Waals surface area contributed by atoms with E-state index in [2.05, 4.69) is 29.1 Å². The Morgan fingerprint density at radius 3 is 2.59 bits per heavy atom. The molecule has 3 aromatic rings. The number of aromatic nitrogens is 2. The fourth-order valence-electron chi connectivity index (χ4n) is 2.99. The van der Waals surface area contributed by atoms with Gasteiger partial charge in [-0.25, -0.2) is 18.7 Å². The molecule has 0 fully saturated rings. The van der Waals surface area contributed by atoms with Gasteiger partial charge in [0.05, 0.1) is 11.1 Å². The summed E-state index contributed by atoms with van der Waals surface area (Å²) in [6.07, 6.45) is 0.836. The Morgan fingerprint density at radius 2 is 1.85 bits per heavy atom. The van der Waals surface area contributed by atoms with E-state index in [1.807, 2.05) is 12.1 Å². The lowest BCUT2D eigenvalue weighted by molar-refractivity contribution is 0.458. The first-order chi connectivity index (χ1) is 12.9. The van der Waals surface area contributed by atoms with Crippen LogP contribution in [0.25, 0.3) is 22.3 Å². The Bertz CT molecular complexity index is 962. The van der Waals surface area contributed by atoms with E-state index in [0.29, 0.717) is 23.8 Å². The maximum absolute atomic E-state index is 14.3. The van der Waals surface area contributed by atoms with E-state index in [4.69, 9.17) is 5.73 Å². The number of phenolic OH excluding ortho intramolecular Hbond substituents is 1. The highest BCUT2D eigenvalue weighted by molar-refractivity contribution is 5.91. The number of nitrogens with one attached hydrogen (secondary N) is 1. The number of hydrogen-bond acceptors (Lipinski definition) is 5. The minimum Gasteiger partial charge on any atom is -0.507 e. The van der Waals surface area contributed by atoms with Crippen LogP contribution in [-0.4, -0.2) is 27.7 Å². The highest BCUT2D eigenvalue weighted by Crippen LogP contribution is 2.33. The highest BCUT2D eigenvalue weighted by atomic mass is 19.2. The van der Waals surface area contributed by atoms with E-state index in [9.17, 15) is 13.9 Å². The van der Waals surface area contributed by atoms with E-state index < -0.39 is 17.4 Å². The third-order valence-electron chi connectivity index (χ3n) is 4.21. The first-order valence-corrected chi connectivity index (χ1v) is 8.80. The van der Waals surface area contributed by atoms with E-state index in [-0.39, 0.29) is 17.4 Å². The van der Waals surface area contributed by atoms with Gasteiger partial charge in [-0.1, -0.05) is 26.0 Å². The van der Waals surface area contributed by atoms with Gasteiger partial charge < -0.3 is 16.2 Å². The minimum absolute atomic E-state index is 0.0820. The number of aromatic hydroxyl groups is 1. The lowest BCUT2D eigenvalue weighted by Gasteiger charge is -2.17. The van der Waals surface area contributed by atoms with Crippen molar-refractivity contribution in [2.24, 2.45) is 11.7 Å². The first kappa shape index (κ1) is 19.0. The number of halogens is 2. The summed E-state index contributed by atoms with van der Waals surface area (Å²) in [5.41, 5.74) is 6.31. The second-order valence-electron chi connectivity index (χ2n) is 6.94. The predicted octanol–water partition coefficient (Wildman–Crippen LogP) is 4.07. The van der Waals surface area contributed by atoms with Crippen molar-refractivity contribution >= 4 is 16.7 Å². The van der Waals surface area contributed by atoms with Gasteiger partial charge in [0.25, 0.3) is 0 Å². The number of fused-ring (bicyclic) bond motifs is 1. The lowest BCUT2D eigenvalue weighted by atomic mass is 10.0. The lowest BCUT2D eigenvalue weighted by Crippen LogP contribution is -2.30. The maximum Gasteiger partial charge on any atom is 0.173 e. The Morgan fingerprint density at radius 1 is 1.11 bits per heavy atom. The SMILES string of the molecule is CC(C)C[C@@H](N)CNc1nc(-c2c(O)ccc(F)c2F)nc2ccccc12. The van der Waals surface area contributed by atoms with E-state index in [0.717, 1.165) is 23.9 Å². The molecule has 5 nitrogen and oxygen atoms in total. The number of nitrogens with zero attached hydrogens (tertiary/aromatic N) is 2. The molecule has 0 aliphatic carbocycles. The van der Waals surface area contributed by atoms with E-state index in [1.165, 1.54) is 0 Å². The number of nitrogens with two attached hydrogens (primary N) is 1. The summed E-state index contributed by atoms with van der Waals surface area (Å²) in [5, 5.41) is 13.9. The van der Waals surface area contributed by atoms with Crippen LogP contribution in [0, 0.1) is 17.6 Å². The van der Waals surface area contributed by atoms with Crippen molar-refractivity contribution in [2.75, 3.05) is 11.9 Å². The molecule has 3 rings (SSSR count). The summed E-state index contributed by atoms with van der Waals surface area (Å²) in [7, 11) is 0. The van der Waals surface area contributed by atoms with Gasteiger partial charge in [-0.15, -0.1) is 0 Å². The molecule has 0 aliphatic heterocycles. The first-order valence-electron chi connectivity index (χ1n) is 8.80. The molecule has 2 aromatic carbocycles. The summed E-state index contributed by atoms with van der Waals surface area (Å²) in [6, 6.07) is 9.06. The van der Waals surface area contributed by atoms with Crippen LogP contribution >= 0.6 is 0 Å². The number of para-hydroxylation sites is 1. The molecule has 7 heteroatoms. The van der Waals surface area contributed by atoms with Gasteiger partial charge in [0.15, 0.2) is 17.5 Å². The van der Waals surface area contributed by atoms with Crippen LogP contribution in [0.15, 0.2) is 36.4 Å². The average molecular weight is 372 g/mol. The summed E-state index contributed by atoms with van der Waals surface area (Å²) < 4.78 is 27.9. The van der Waals surface area contributed by atoms with Crippen LogP contribution in [0.5, 0.6) is 5.75 Å². The number of benzene rings is 2. The topological polar surface area (TPSA) is 84.1 Å². The molecule has 0 saturated heterocycles. The molecule has 0 spiro atoms. The van der Waals surface area contributed by atoms with Gasteiger partial charge >= 0.3 is 0 Å². The predicted molar refractivity (Wildman–Crippen MR) is 102 cm³/mol. The van der Waals surface area contributed by atoms with E-state index >= 15 is 0 Å². The molecule has 4 N–H and O–H groups in total. The number of rotatable bonds is 6. The third kappa shape index (κ3) is 4.14. The molecule has 0 radical (unpaired) electrons. The smallest absolute Gasteiger partial charge is 0.173 e. The normalized spacial score (nSPS) is 12.5. The van der Waals surface area contributed by atoms with Crippen LogP contribution in [-0.2, 0) is 0 Å². The monoisotopic (exact) mass is 372 g/mol. The molecule has 0 aliphatic rings. The molecule has 142 valence electrons. The van der Waals surface area contributed by atoms with Crippen LogP contribution in [0.4, 0.5) is 14.6 Å². The second kappa shape index (κ2) is 7.84. The molecule has 0 saturated carbocycles. The Hall–Kier alpha value is -2.80. The van der Waals surface area contributed by atoms with Gasteiger partial charge in [0.2, 0.25) is 0 Å². The second-order valence-corrected chi connectivity index (χ2v) is 6.94. The van der Waals surface area contributed by atoms with Crippen molar-refractivity contribution in [3.8, 4) is 17.1 Å². The Labute approximate surface area is 156 Å². The summed E-state index contributed by atoms with van der Waals surface area (Å²) in [5.74, 6) is -1.87. The van der Waals surface area contributed by atoms with Crippen molar-refractivity contribution in [1.29, 1.82) is 0 Å². The van der Waals surface area contributed by atoms with Crippen LogP contribution in [0.3, 0.4) is 0 Å². The van der Waals surface area contributed by atoms with Crippen LogP contribution < -0.4 is 11.1 Å². The van der Waals surface area contributed by atoms with Gasteiger partial charge in [-0.2, -0.15) is 0 Å². The fourth-order valence-corrected chi connectivity index (χ4v) is 2.99. The van der Waals surface area contributed by atoms with Gasteiger partial charge in [0, 0.05) is 18.0 Å². The summed E-state index contributed by atoms with van der Waals surface area (Å²) >= 11 is 0. The molecule has 1 aromatic heterocycles. The summed E-state index contributed by atoms with van der Waals surface area (Å²) in [4.78, 5) is 8.64. The van der Waals surface area contributed by atoms with Crippen molar-refractivity contribution in [1.82, 2.24) is 9.97 Å². The van der Waals surface area contributed by atoms with Gasteiger partial charge in [0.1, 0.15) is 11.6 Å². The molecule has 0 unspecified atom stereocenters. The zero-order chi connectivity index (χ0) is 19.6. The van der Waals surface area contributed by atoms with Crippen molar-refractivity contribution in [2.45, 2.75) is 26.3 Å². The number of anilines is 1. The van der Waals surface area contributed by atoms with Crippen molar-refractivity contribution < 1.29 is 13.9 Å².